The normalized spacial score (nSPS) is 11.3. The molecular formula is C17H14ClFN4O4S3. The summed E-state index contributed by atoms with van der Waals surface area (Å²) in [7, 11) is -3.96. The number of thiazole rings is 1. The number of sulfonamides is 1. The Morgan fingerprint density at radius 2 is 1.93 bits per heavy atom. The second-order valence-corrected chi connectivity index (χ2v) is 10.0. The summed E-state index contributed by atoms with van der Waals surface area (Å²) in [6, 6.07) is 6.37. The Morgan fingerprint density at radius 1 is 1.20 bits per heavy atom. The number of hydrogen-bond donors (Lipinski definition) is 3. The predicted octanol–water partition coefficient (Wildman–Crippen LogP) is 2.86. The minimum absolute atomic E-state index is 0.183. The highest BCUT2D eigenvalue weighted by molar-refractivity contribution is 7.89. The van der Waals surface area contributed by atoms with Crippen molar-refractivity contribution in [2.24, 2.45) is 0 Å². The van der Waals surface area contributed by atoms with E-state index >= 15 is 0 Å². The third-order valence-corrected chi connectivity index (χ3v) is 7.41. The van der Waals surface area contributed by atoms with Crippen LogP contribution in [0.3, 0.4) is 0 Å². The van der Waals surface area contributed by atoms with Gasteiger partial charge >= 0.3 is 0 Å². The molecule has 0 aliphatic rings. The molecule has 30 heavy (non-hydrogen) atoms. The molecule has 0 fully saturated rings. The Balaban J connectivity index is 1.63. The van der Waals surface area contributed by atoms with Gasteiger partial charge in [-0.1, -0.05) is 17.7 Å². The van der Waals surface area contributed by atoms with Crippen molar-refractivity contribution in [1.82, 2.24) is 20.6 Å². The fourth-order valence-electron chi connectivity index (χ4n) is 2.26. The first-order chi connectivity index (χ1) is 14.2. The van der Waals surface area contributed by atoms with Crippen LogP contribution in [0.5, 0.6) is 0 Å². The van der Waals surface area contributed by atoms with Crippen molar-refractivity contribution in [2.45, 2.75) is 18.4 Å². The number of thiophene rings is 1. The van der Waals surface area contributed by atoms with Gasteiger partial charge in [0.15, 0.2) is 0 Å². The number of amides is 2. The summed E-state index contributed by atoms with van der Waals surface area (Å²) in [4.78, 5) is 28.8. The van der Waals surface area contributed by atoms with Gasteiger partial charge in [-0.3, -0.25) is 20.4 Å². The molecule has 3 N–H and O–H groups in total. The van der Waals surface area contributed by atoms with Gasteiger partial charge in [0.25, 0.3) is 11.8 Å². The first kappa shape index (κ1) is 22.3. The molecule has 0 spiro atoms. The van der Waals surface area contributed by atoms with Crippen molar-refractivity contribution >= 4 is 56.1 Å². The molecule has 0 aliphatic carbocycles. The number of aryl methyl sites for hydroxylation is 1. The van der Waals surface area contributed by atoms with Crippen molar-refractivity contribution in [3.8, 4) is 0 Å². The van der Waals surface area contributed by atoms with E-state index in [-0.39, 0.29) is 21.3 Å². The molecule has 0 bridgehead atoms. The third-order valence-electron chi connectivity index (χ3n) is 3.70. The van der Waals surface area contributed by atoms with E-state index in [2.05, 4.69) is 20.6 Å². The summed E-state index contributed by atoms with van der Waals surface area (Å²) in [5.74, 6) is -1.76. The summed E-state index contributed by atoms with van der Waals surface area (Å²) in [5.41, 5.74) is 4.98. The highest BCUT2D eigenvalue weighted by atomic mass is 35.5. The highest BCUT2D eigenvalue weighted by Crippen LogP contribution is 2.21. The zero-order valence-corrected chi connectivity index (χ0v) is 18.4. The average molecular weight is 489 g/mol. The molecular weight excluding hydrogens is 475 g/mol. The number of halogens is 2. The topological polar surface area (TPSA) is 117 Å². The van der Waals surface area contributed by atoms with Gasteiger partial charge in [0.2, 0.25) is 10.0 Å². The lowest BCUT2D eigenvalue weighted by Crippen LogP contribution is -2.41. The van der Waals surface area contributed by atoms with E-state index in [1.54, 1.807) is 24.4 Å². The molecule has 0 atom stereocenters. The van der Waals surface area contributed by atoms with Gasteiger partial charge in [0, 0.05) is 0 Å². The number of nitrogens with zero attached hydrogens (tertiary/aromatic N) is 1. The summed E-state index contributed by atoms with van der Waals surface area (Å²) in [6.45, 7) is 1.40. The van der Waals surface area contributed by atoms with E-state index in [0.717, 1.165) is 29.5 Å². The lowest BCUT2D eigenvalue weighted by Gasteiger charge is -2.06. The van der Waals surface area contributed by atoms with Crippen LogP contribution in [0.4, 0.5) is 4.39 Å². The van der Waals surface area contributed by atoms with Gasteiger partial charge in [-0.05, 0) is 36.6 Å². The van der Waals surface area contributed by atoms with E-state index in [9.17, 15) is 22.4 Å². The van der Waals surface area contributed by atoms with Crippen LogP contribution in [0.15, 0.2) is 40.6 Å². The van der Waals surface area contributed by atoms with Crippen LogP contribution in [-0.2, 0) is 16.6 Å². The Morgan fingerprint density at radius 3 is 2.60 bits per heavy atom. The van der Waals surface area contributed by atoms with Crippen molar-refractivity contribution in [3.05, 3.63) is 67.0 Å². The Hall–Kier alpha value is -2.38. The SMILES string of the molecule is Cc1nc(CNS(=O)(=O)c2ccc(F)c(Cl)c2)sc1C(=O)NNC(=O)c1cccs1. The van der Waals surface area contributed by atoms with E-state index in [1.807, 2.05) is 0 Å². The Labute approximate surface area is 184 Å². The number of rotatable bonds is 6. The van der Waals surface area contributed by atoms with Gasteiger partial charge in [-0.2, -0.15) is 0 Å². The van der Waals surface area contributed by atoms with Crippen LogP contribution in [0.1, 0.15) is 30.0 Å². The standard InChI is InChI=1S/C17H14ClFN4O4S3/c1-9-15(17(25)23-22-16(24)13-3-2-6-28-13)29-14(21-9)8-20-30(26,27)10-4-5-12(19)11(18)7-10/h2-7,20H,8H2,1H3,(H,22,24)(H,23,25). The monoisotopic (exact) mass is 488 g/mol. The molecule has 0 aliphatic heterocycles. The van der Waals surface area contributed by atoms with Crippen LogP contribution < -0.4 is 15.6 Å². The number of carbonyl (C=O) groups excluding carboxylic acids is 2. The molecule has 2 heterocycles. The van der Waals surface area contributed by atoms with Crippen LogP contribution in [0, 0.1) is 12.7 Å². The number of aromatic nitrogens is 1. The van der Waals surface area contributed by atoms with Crippen LogP contribution in [0.2, 0.25) is 5.02 Å². The number of benzene rings is 1. The molecule has 13 heteroatoms. The molecule has 158 valence electrons. The molecule has 1 aromatic carbocycles. The fraction of sp³-hybridized carbons (Fsp3) is 0.118. The van der Waals surface area contributed by atoms with Crippen molar-refractivity contribution < 1.29 is 22.4 Å². The smallest absolute Gasteiger partial charge is 0.266 e. The number of hydrogen-bond acceptors (Lipinski definition) is 7. The van der Waals surface area contributed by atoms with Crippen LogP contribution >= 0.6 is 34.3 Å². The Bertz CT molecular complexity index is 1200. The zero-order valence-electron chi connectivity index (χ0n) is 15.2. The first-order valence-corrected chi connectivity index (χ1v) is 11.8. The van der Waals surface area contributed by atoms with Gasteiger partial charge in [0.05, 0.1) is 27.0 Å². The minimum Gasteiger partial charge on any atom is -0.266 e. The molecule has 2 amide bonds. The summed E-state index contributed by atoms with van der Waals surface area (Å²) in [6.07, 6.45) is 0. The summed E-state index contributed by atoms with van der Waals surface area (Å²) in [5, 5.41) is 1.75. The predicted molar refractivity (Wildman–Crippen MR) is 112 cm³/mol. The fourth-order valence-corrected chi connectivity index (χ4v) is 5.13. The molecule has 3 rings (SSSR count). The van der Waals surface area contributed by atoms with Crippen molar-refractivity contribution in [2.75, 3.05) is 0 Å². The van der Waals surface area contributed by atoms with E-state index in [1.165, 1.54) is 11.3 Å². The lowest BCUT2D eigenvalue weighted by molar-refractivity contribution is 0.0850. The molecule has 2 aromatic heterocycles. The third kappa shape index (κ3) is 5.21. The maximum Gasteiger partial charge on any atom is 0.281 e. The number of carbonyl (C=O) groups is 2. The number of nitrogens with one attached hydrogen (secondary N) is 3. The molecule has 0 saturated carbocycles. The van der Waals surface area contributed by atoms with E-state index in [4.69, 9.17) is 11.6 Å². The second kappa shape index (κ2) is 9.18. The molecule has 0 unspecified atom stereocenters. The highest BCUT2D eigenvalue weighted by Gasteiger charge is 2.20. The van der Waals surface area contributed by atoms with Crippen LogP contribution in [-0.4, -0.2) is 25.2 Å². The summed E-state index contributed by atoms with van der Waals surface area (Å²) < 4.78 is 40.2. The second-order valence-electron chi connectivity index (χ2n) is 5.81. The molecule has 8 nitrogen and oxygen atoms in total. The van der Waals surface area contributed by atoms with Gasteiger partial charge in [-0.25, -0.2) is 22.5 Å². The molecule has 0 saturated heterocycles. The maximum atomic E-state index is 13.2. The summed E-state index contributed by atoms with van der Waals surface area (Å²) >= 11 is 7.83. The van der Waals surface area contributed by atoms with Crippen molar-refractivity contribution in [1.29, 1.82) is 0 Å². The van der Waals surface area contributed by atoms with Crippen molar-refractivity contribution in [3.63, 3.8) is 0 Å². The van der Waals surface area contributed by atoms with Gasteiger partial charge < -0.3 is 0 Å². The molecule has 3 aromatic rings. The minimum atomic E-state index is -3.96. The van der Waals surface area contributed by atoms with E-state index in [0.29, 0.717) is 15.6 Å². The largest absolute Gasteiger partial charge is 0.281 e. The maximum absolute atomic E-state index is 13.2. The lowest BCUT2D eigenvalue weighted by atomic mass is 10.3. The number of hydrazine groups is 1. The van der Waals surface area contributed by atoms with E-state index < -0.39 is 27.7 Å². The zero-order chi connectivity index (χ0) is 21.9. The quantitative estimate of drug-likeness (QED) is 0.461. The molecule has 0 radical (unpaired) electrons. The average Bonchev–Trinajstić information content (AvgIpc) is 3.36. The van der Waals surface area contributed by atoms with Gasteiger partial charge in [0.1, 0.15) is 15.7 Å². The van der Waals surface area contributed by atoms with Crippen LogP contribution in [0.25, 0.3) is 0 Å². The Kier molecular flexibility index (Phi) is 6.83. The van der Waals surface area contributed by atoms with Gasteiger partial charge in [-0.15, -0.1) is 22.7 Å². The first-order valence-electron chi connectivity index (χ1n) is 8.22.